The summed E-state index contributed by atoms with van der Waals surface area (Å²) in [5.41, 5.74) is -0.512. The van der Waals surface area contributed by atoms with Crippen molar-refractivity contribution in [3.8, 4) is 0 Å². The predicted octanol–water partition coefficient (Wildman–Crippen LogP) is 1.99. The molecule has 102 valence electrons. The fourth-order valence-electron chi connectivity index (χ4n) is 1.48. The Balaban J connectivity index is 3.24. The van der Waals surface area contributed by atoms with Crippen LogP contribution < -0.4 is 0 Å². The Morgan fingerprint density at radius 3 is 2.47 bits per heavy atom. The largest absolute Gasteiger partial charge is 0.478 e. The van der Waals surface area contributed by atoms with Crippen molar-refractivity contribution in [3.63, 3.8) is 0 Å². The van der Waals surface area contributed by atoms with Crippen molar-refractivity contribution in [3.05, 3.63) is 45.5 Å². The molecule has 0 aliphatic heterocycles. The third kappa shape index (κ3) is 3.75. The van der Waals surface area contributed by atoms with E-state index in [0.717, 1.165) is 0 Å². The lowest BCUT2D eigenvalue weighted by Crippen LogP contribution is -2.26. The summed E-state index contributed by atoms with van der Waals surface area (Å²) in [6.07, 6.45) is 0. The van der Waals surface area contributed by atoms with Gasteiger partial charge in [0.05, 0.1) is 11.1 Å². The number of benzene rings is 1. The number of aromatic carboxylic acids is 1. The van der Waals surface area contributed by atoms with E-state index < -0.39 is 27.9 Å². The Morgan fingerprint density at radius 2 is 2.00 bits per heavy atom. The van der Waals surface area contributed by atoms with Crippen molar-refractivity contribution in [1.29, 1.82) is 0 Å². The average molecular weight is 332 g/mol. The molecule has 0 spiro atoms. The van der Waals surface area contributed by atoms with Crippen LogP contribution in [-0.2, 0) is 9.53 Å². The van der Waals surface area contributed by atoms with Gasteiger partial charge in [-0.1, -0.05) is 18.2 Å². The second-order valence-corrected chi connectivity index (χ2v) is 4.85. The summed E-state index contributed by atoms with van der Waals surface area (Å²) in [5.74, 6) is -2.47. The fraction of sp³-hybridized carbons (Fsp3) is 0.273. The van der Waals surface area contributed by atoms with Crippen molar-refractivity contribution in [2.45, 2.75) is 18.0 Å². The number of ether oxygens (including phenoxy) is 1. The number of carboxylic acid groups (broad SMARTS) is 1. The second-order valence-electron chi connectivity index (χ2n) is 3.56. The number of esters is 1. The number of nitro groups is 1. The molecule has 0 saturated heterocycles. The van der Waals surface area contributed by atoms with Crippen LogP contribution in [0.25, 0.3) is 0 Å². The number of alkyl halides is 1. The van der Waals surface area contributed by atoms with E-state index in [-0.39, 0.29) is 11.1 Å². The highest BCUT2D eigenvalue weighted by Crippen LogP contribution is 2.23. The third-order valence-electron chi connectivity index (χ3n) is 2.20. The molecular formula is C11H10BrNO6. The predicted molar refractivity (Wildman–Crippen MR) is 67.6 cm³/mol. The Hall–Kier alpha value is -1.96. The summed E-state index contributed by atoms with van der Waals surface area (Å²) >= 11 is 2.93. The first kappa shape index (κ1) is 15.1. The molecule has 0 fully saturated rings. The van der Waals surface area contributed by atoms with Crippen LogP contribution in [0.5, 0.6) is 0 Å². The Labute approximate surface area is 116 Å². The van der Waals surface area contributed by atoms with Gasteiger partial charge in [0.1, 0.15) is 0 Å². The van der Waals surface area contributed by atoms with Gasteiger partial charge < -0.3 is 9.84 Å². The highest BCUT2D eigenvalue weighted by atomic mass is 79.9. The highest BCUT2D eigenvalue weighted by Gasteiger charge is 2.37. The topological polar surface area (TPSA) is 107 Å². The number of hydrogen-bond acceptors (Lipinski definition) is 5. The number of rotatable bonds is 5. The van der Waals surface area contributed by atoms with Crippen LogP contribution in [0, 0.1) is 10.1 Å². The van der Waals surface area contributed by atoms with E-state index in [2.05, 4.69) is 15.9 Å². The number of nitrogens with zero attached hydrogens (tertiary/aromatic N) is 1. The van der Waals surface area contributed by atoms with Gasteiger partial charge in [-0.05, 0) is 28.9 Å². The summed E-state index contributed by atoms with van der Waals surface area (Å²) in [6.45, 7) is 1.47. The molecule has 0 amide bonds. The summed E-state index contributed by atoms with van der Waals surface area (Å²) in [7, 11) is 0. The Bertz CT molecular complexity index is 516. The SMILES string of the molecule is CC(Br)OC(=O)C(c1ccccc1C(=O)O)[N+](=O)[O-]. The van der Waals surface area contributed by atoms with Crippen molar-refractivity contribution < 1.29 is 24.4 Å². The zero-order valence-electron chi connectivity index (χ0n) is 9.78. The van der Waals surface area contributed by atoms with Crippen LogP contribution in [-0.4, -0.2) is 27.0 Å². The standard InChI is InChI=1S/C11H10BrNO6/c1-6(12)19-11(16)9(13(17)18)7-4-2-3-5-8(7)10(14)15/h2-6,9H,1H3,(H,14,15). The molecular weight excluding hydrogens is 322 g/mol. The van der Waals surface area contributed by atoms with Crippen LogP contribution >= 0.6 is 15.9 Å². The van der Waals surface area contributed by atoms with E-state index in [4.69, 9.17) is 9.84 Å². The quantitative estimate of drug-likeness (QED) is 0.382. The minimum atomic E-state index is -1.87. The zero-order chi connectivity index (χ0) is 14.6. The zero-order valence-corrected chi connectivity index (χ0v) is 11.4. The molecule has 1 aromatic rings. The van der Waals surface area contributed by atoms with Crippen molar-refractivity contribution in [2.24, 2.45) is 0 Å². The molecule has 0 aromatic heterocycles. The van der Waals surface area contributed by atoms with E-state index >= 15 is 0 Å². The lowest BCUT2D eigenvalue weighted by molar-refractivity contribution is -0.516. The van der Waals surface area contributed by atoms with Crippen LogP contribution in [0.15, 0.2) is 24.3 Å². The fourth-order valence-corrected chi connectivity index (χ4v) is 1.67. The van der Waals surface area contributed by atoms with E-state index in [1.165, 1.54) is 31.2 Å². The third-order valence-corrected chi connectivity index (χ3v) is 2.39. The molecule has 0 radical (unpaired) electrons. The number of carbonyl (C=O) groups is 2. The van der Waals surface area contributed by atoms with Gasteiger partial charge in [0.25, 0.3) is 0 Å². The van der Waals surface area contributed by atoms with Crippen molar-refractivity contribution in [2.75, 3.05) is 0 Å². The molecule has 7 nitrogen and oxygen atoms in total. The second kappa shape index (κ2) is 6.28. The first-order valence-electron chi connectivity index (χ1n) is 5.15. The molecule has 8 heteroatoms. The molecule has 2 atom stereocenters. The molecule has 0 aliphatic carbocycles. The minimum absolute atomic E-state index is 0.210. The molecule has 0 heterocycles. The lowest BCUT2D eigenvalue weighted by atomic mass is 10.0. The van der Waals surface area contributed by atoms with Gasteiger partial charge in [0, 0.05) is 4.92 Å². The van der Waals surface area contributed by atoms with Crippen LogP contribution in [0.1, 0.15) is 28.9 Å². The first-order valence-corrected chi connectivity index (χ1v) is 6.06. The number of hydrogen-bond donors (Lipinski definition) is 1. The number of carboxylic acids is 1. The summed E-state index contributed by atoms with van der Waals surface area (Å²) in [6, 6.07) is 3.38. The van der Waals surface area contributed by atoms with E-state index in [1.807, 2.05) is 0 Å². The van der Waals surface area contributed by atoms with Gasteiger partial charge in [0.15, 0.2) is 5.01 Å². The highest BCUT2D eigenvalue weighted by molar-refractivity contribution is 9.09. The average Bonchev–Trinajstić information content (AvgIpc) is 2.27. The molecule has 0 bridgehead atoms. The molecule has 0 aliphatic rings. The molecule has 1 aromatic carbocycles. The van der Waals surface area contributed by atoms with Crippen LogP contribution in [0.3, 0.4) is 0 Å². The van der Waals surface area contributed by atoms with Gasteiger partial charge in [-0.2, -0.15) is 0 Å². The Morgan fingerprint density at radius 1 is 1.42 bits per heavy atom. The van der Waals surface area contributed by atoms with Gasteiger partial charge in [0.2, 0.25) is 0 Å². The molecule has 19 heavy (non-hydrogen) atoms. The maximum atomic E-state index is 11.7. The molecule has 1 rings (SSSR count). The summed E-state index contributed by atoms with van der Waals surface area (Å²) < 4.78 is 4.71. The molecule has 2 unspecified atom stereocenters. The summed E-state index contributed by atoms with van der Waals surface area (Å²) in [4.78, 5) is 32.8. The normalized spacial score (nSPS) is 13.4. The molecule has 0 saturated carbocycles. The maximum Gasteiger partial charge on any atom is 0.387 e. The molecule has 1 N–H and O–H groups in total. The smallest absolute Gasteiger partial charge is 0.387 e. The van der Waals surface area contributed by atoms with Gasteiger partial charge in [-0.25, -0.2) is 9.59 Å². The van der Waals surface area contributed by atoms with Crippen LogP contribution in [0.4, 0.5) is 0 Å². The van der Waals surface area contributed by atoms with E-state index in [9.17, 15) is 19.7 Å². The van der Waals surface area contributed by atoms with Crippen molar-refractivity contribution >= 4 is 27.9 Å². The van der Waals surface area contributed by atoms with Gasteiger partial charge >= 0.3 is 18.0 Å². The summed E-state index contributed by atoms with van der Waals surface area (Å²) in [5, 5.41) is 19.3. The maximum absolute atomic E-state index is 11.7. The van der Waals surface area contributed by atoms with Crippen LogP contribution in [0.2, 0.25) is 0 Å². The minimum Gasteiger partial charge on any atom is -0.478 e. The lowest BCUT2D eigenvalue weighted by Gasteiger charge is -2.12. The number of carbonyl (C=O) groups excluding carboxylic acids is 1. The van der Waals surface area contributed by atoms with Gasteiger partial charge in [-0.3, -0.25) is 10.1 Å². The van der Waals surface area contributed by atoms with Gasteiger partial charge in [-0.15, -0.1) is 0 Å². The number of halogens is 1. The van der Waals surface area contributed by atoms with E-state index in [0.29, 0.717) is 0 Å². The Kier molecular flexibility index (Phi) is 4.99. The monoisotopic (exact) mass is 331 g/mol. The van der Waals surface area contributed by atoms with E-state index in [1.54, 1.807) is 0 Å². The first-order chi connectivity index (χ1) is 8.84. The van der Waals surface area contributed by atoms with Crippen molar-refractivity contribution in [1.82, 2.24) is 0 Å².